The molecule has 5 heteroatoms. The van der Waals surface area contributed by atoms with Crippen LogP contribution >= 0.6 is 0 Å². The van der Waals surface area contributed by atoms with E-state index in [1.54, 1.807) is 14.2 Å². The van der Waals surface area contributed by atoms with Crippen molar-refractivity contribution in [2.75, 3.05) is 21.0 Å². The van der Waals surface area contributed by atoms with Crippen molar-refractivity contribution in [2.24, 2.45) is 22.7 Å². The fourth-order valence-electron chi connectivity index (χ4n) is 6.28. The molecule has 0 N–H and O–H groups in total. The third kappa shape index (κ3) is 4.22. The molecule has 2 fully saturated rings. The van der Waals surface area contributed by atoms with Crippen molar-refractivity contribution in [3.63, 3.8) is 0 Å². The zero-order valence-electron chi connectivity index (χ0n) is 20.2. The van der Waals surface area contributed by atoms with E-state index in [0.717, 1.165) is 43.6 Å². The Bertz CT molecular complexity index is 842. The highest BCUT2D eigenvalue weighted by Crippen LogP contribution is 2.55. The number of carbonyl (C=O) groups excluding carboxylic acids is 1. The first-order chi connectivity index (χ1) is 15.3. The number of methoxy groups -OCH3 is 2. The number of fused-ring (bicyclic) bond motifs is 3. The summed E-state index contributed by atoms with van der Waals surface area (Å²) in [4.78, 5) is 13.9. The maximum atomic E-state index is 13.9. The van der Waals surface area contributed by atoms with Gasteiger partial charge in [-0.3, -0.25) is 4.79 Å². The summed E-state index contributed by atoms with van der Waals surface area (Å²) in [6, 6.07) is 7.72. The molecular formula is C27H38O5. The van der Waals surface area contributed by atoms with Gasteiger partial charge in [0.1, 0.15) is 30.2 Å². The van der Waals surface area contributed by atoms with Crippen LogP contribution in [0.25, 0.3) is 0 Å². The summed E-state index contributed by atoms with van der Waals surface area (Å²) in [5, 5.41) is 0. The van der Waals surface area contributed by atoms with E-state index in [1.807, 2.05) is 24.3 Å². The fraction of sp³-hybridized carbons (Fsp3) is 0.667. The lowest BCUT2D eigenvalue weighted by Crippen LogP contribution is -2.53. The fourth-order valence-corrected chi connectivity index (χ4v) is 6.28. The topological polar surface area (TPSA) is 54.0 Å². The normalized spacial score (nSPS) is 35.7. The lowest BCUT2D eigenvalue weighted by atomic mass is 9.60. The molecule has 1 aromatic carbocycles. The molecule has 2 saturated carbocycles. The van der Waals surface area contributed by atoms with E-state index in [9.17, 15) is 4.79 Å². The van der Waals surface area contributed by atoms with Crippen LogP contribution in [0.15, 0.2) is 35.9 Å². The molecule has 0 saturated heterocycles. The summed E-state index contributed by atoms with van der Waals surface area (Å²) in [7, 11) is 3.30. The highest BCUT2D eigenvalue weighted by molar-refractivity contribution is 5.85. The number of allylic oxidation sites excluding steroid dienone is 1. The van der Waals surface area contributed by atoms with Gasteiger partial charge in [0.05, 0.1) is 13.2 Å². The van der Waals surface area contributed by atoms with Gasteiger partial charge in [0.2, 0.25) is 0 Å². The summed E-state index contributed by atoms with van der Waals surface area (Å²) in [5.41, 5.74) is 0.934. The third-order valence-electron chi connectivity index (χ3n) is 8.45. The second-order valence-corrected chi connectivity index (χ2v) is 10.5. The lowest BCUT2D eigenvalue weighted by molar-refractivity contribution is -0.162. The van der Waals surface area contributed by atoms with Gasteiger partial charge >= 0.3 is 0 Å². The van der Waals surface area contributed by atoms with E-state index < -0.39 is 5.41 Å². The van der Waals surface area contributed by atoms with Crippen LogP contribution in [0.3, 0.4) is 0 Å². The molecule has 3 aliphatic carbocycles. The second-order valence-electron chi connectivity index (χ2n) is 10.5. The SMILES string of the molecule is COCO[C@@H]1CCC[C@@]2(C)C(=O)C[C@H]3CC/C(=C/[C@@H](Oc4ccc(OC)cc4)[C@@H]12)C3(C)C. The summed E-state index contributed by atoms with van der Waals surface area (Å²) in [5.74, 6) is 2.27. The third-order valence-corrected chi connectivity index (χ3v) is 8.45. The highest BCUT2D eigenvalue weighted by Gasteiger charge is 2.54. The molecule has 1 aromatic rings. The Kier molecular flexibility index (Phi) is 6.69. The number of hydrogen-bond acceptors (Lipinski definition) is 5. The van der Waals surface area contributed by atoms with Crippen LogP contribution in [-0.4, -0.2) is 39.0 Å². The van der Waals surface area contributed by atoms with Crippen molar-refractivity contribution in [3.05, 3.63) is 35.9 Å². The first kappa shape index (κ1) is 23.3. The molecule has 5 atom stereocenters. The largest absolute Gasteiger partial charge is 0.497 e. The second kappa shape index (κ2) is 9.18. The van der Waals surface area contributed by atoms with E-state index in [1.165, 1.54) is 5.57 Å². The van der Waals surface area contributed by atoms with Gasteiger partial charge in [-0.1, -0.05) is 26.3 Å². The minimum absolute atomic E-state index is 0.00388. The number of hydrogen-bond donors (Lipinski definition) is 0. The minimum atomic E-state index is -0.481. The molecule has 0 unspecified atom stereocenters. The Balaban J connectivity index is 1.78. The predicted octanol–water partition coefficient (Wildman–Crippen LogP) is 5.57. The Morgan fingerprint density at radius 2 is 1.75 bits per heavy atom. The van der Waals surface area contributed by atoms with Gasteiger partial charge in [0.15, 0.2) is 0 Å². The quantitative estimate of drug-likeness (QED) is 0.426. The van der Waals surface area contributed by atoms with E-state index in [-0.39, 0.29) is 30.3 Å². The lowest BCUT2D eigenvalue weighted by Gasteiger charge is -2.47. The van der Waals surface area contributed by atoms with Crippen LogP contribution in [0.4, 0.5) is 0 Å². The van der Waals surface area contributed by atoms with Gasteiger partial charge in [0, 0.05) is 24.9 Å². The van der Waals surface area contributed by atoms with Gasteiger partial charge in [-0.05, 0) is 73.8 Å². The molecule has 176 valence electrons. The van der Waals surface area contributed by atoms with Gasteiger partial charge in [-0.25, -0.2) is 0 Å². The molecule has 4 rings (SSSR count). The summed E-state index contributed by atoms with van der Waals surface area (Å²) >= 11 is 0. The molecule has 5 nitrogen and oxygen atoms in total. The van der Waals surface area contributed by atoms with Gasteiger partial charge < -0.3 is 18.9 Å². The van der Waals surface area contributed by atoms with E-state index >= 15 is 0 Å². The van der Waals surface area contributed by atoms with Crippen molar-refractivity contribution < 1.29 is 23.7 Å². The molecule has 0 spiro atoms. The monoisotopic (exact) mass is 442 g/mol. The first-order valence-electron chi connectivity index (χ1n) is 12.0. The van der Waals surface area contributed by atoms with Crippen molar-refractivity contribution >= 4 is 5.78 Å². The maximum absolute atomic E-state index is 13.9. The van der Waals surface area contributed by atoms with Crippen LogP contribution in [-0.2, 0) is 14.3 Å². The van der Waals surface area contributed by atoms with Gasteiger partial charge in [0.25, 0.3) is 0 Å². The molecule has 0 amide bonds. The maximum Gasteiger partial charge on any atom is 0.146 e. The van der Waals surface area contributed by atoms with Crippen LogP contribution in [0.5, 0.6) is 11.5 Å². The molecule has 2 bridgehead atoms. The van der Waals surface area contributed by atoms with Crippen LogP contribution < -0.4 is 9.47 Å². The molecule has 0 heterocycles. The number of ether oxygens (including phenoxy) is 4. The number of ketones is 1. The minimum Gasteiger partial charge on any atom is -0.497 e. The summed E-state index contributed by atoms with van der Waals surface area (Å²) in [6.45, 7) is 6.97. The molecule has 3 aliphatic rings. The zero-order chi connectivity index (χ0) is 22.9. The summed E-state index contributed by atoms with van der Waals surface area (Å²) < 4.78 is 23.4. The van der Waals surface area contributed by atoms with E-state index in [2.05, 4.69) is 26.8 Å². The number of carbonyl (C=O) groups is 1. The standard InChI is InChI=1S/C27H38O5/c1-26(2)18-8-9-19(26)16-24(28)27(3)14-6-7-22(31-17-29-4)25(27)23(15-18)32-21-12-10-20(30-5)11-13-21/h10-13,15,19,22-23,25H,6-9,14,16-17H2,1-5H3/b18-15-/t19-,22-,23-,25-,27+/m1/s1. The number of Topliss-reactive ketones (excluding diaryl/α,β-unsaturated/α-hetero) is 1. The van der Waals surface area contributed by atoms with Gasteiger partial charge in [-0.15, -0.1) is 0 Å². The molecule has 0 radical (unpaired) electrons. The Morgan fingerprint density at radius 3 is 2.44 bits per heavy atom. The Morgan fingerprint density at radius 1 is 1.03 bits per heavy atom. The smallest absolute Gasteiger partial charge is 0.146 e. The predicted molar refractivity (Wildman–Crippen MR) is 124 cm³/mol. The van der Waals surface area contributed by atoms with E-state index in [4.69, 9.17) is 18.9 Å². The molecule has 0 aromatic heterocycles. The average molecular weight is 443 g/mol. The zero-order valence-corrected chi connectivity index (χ0v) is 20.2. The summed E-state index contributed by atoms with van der Waals surface area (Å²) in [6.07, 6.45) is 7.52. The van der Waals surface area contributed by atoms with Crippen molar-refractivity contribution in [2.45, 2.75) is 71.5 Å². The van der Waals surface area contributed by atoms with Crippen molar-refractivity contribution in [1.29, 1.82) is 0 Å². The molecule has 0 aliphatic heterocycles. The Labute approximate surface area is 192 Å². The molecular weight excluding hydrogens is 404 g/mol. The number of benzene rings is 1. The average Bonchev–Trinajstić information content (AvgIpc) is 3.05. The highest BCUT2D eigenvalue weighted by atomic mass is 16.7. The van der Waals surface area contributed by atoms with Crippen LogP contribution in [0, 0.1) is 22.7 Å². The van der Waals surface area contributed by atoms with Crippen molar-refractivity contribution in [3.8, 4) is 11.5 Å². The molecule has 32 heavy (non-hydrogen) atoms. The van der Waals surface area contributed by atoms with Gasteiger partial charge in [-0.2, -0.15) is 0 Å². The van der Waals surface area contributed by atoms with Crippen LogP contribution in [0.2, 0.25) is 0 Å². The van der Waals surface area contributed by atoms with Crippen molar-refractivity contribution in [1.82, 2.24) is 0 Å². The number of rotatable bonds is 6. The van der Waals surface area contributed by atoms with Crippen LogP contribution in [0.1, 0.15) is 59.3 Å². The Hall–Kier alpha value is -1.85. The first-order valence-corrected chi connectivity index (χ1v) is 12.0. The van der Waals surface area contributed by atoms with E-state index in [0.29, 0.717) is 18.1 Å².